The zero-order chi connectivity index (χ0) is 12.4. The van der Waals surface area contributed by atoms with Gasteiger partial charge in [0.1, 0.15) is 12.4 Å². The van der Waals surface area contributed by atoms with E-state index in [0.717, 1.165) is 17.6 Å². The molecule has 0 bridgehead atoms. The van der Waals surface area contributed by atoms with E-state index in [2.05, 4.69) is 22.7 Å². The molecule has 3 N–H and O–H groups in total. The van der Waals surface area contributed by atoms with Crippen LogP contribution in [0, 0.1) is 0 Å². The van der Waals surface area contributed by atoms with Crippen LogP contribution in [0.25, 0.3) is 11.0 Å². The number of rotatable bonds is 4. The second-order valence-corrected chi connectivity index (χ2v) is 5.37. The molecule has 0 amide bonds. The molecular weight excluding hydrogens is 234 g/mol. The summed E-state index contributed by atoms with van der Waals surface area (Å²) in [5.74, 6) is 0.700. The fraction of sp³-hybridized carbons (Fsp3) is 0.417. The fourth-order valence-corrected chi connectivity index (χ4v) is 2.15. The number of aliphatic hydroxyl groups excluding tert-OH is 1. The summed E-state index contributed by atoms with van der Waals surface area (Å²) < 4.78 is 2.07. The van der Waals surface area contributed by atoms with Crippen LogP contribution in [-0.2, 0) is 13.2 Å². The lowest BCUT2D eigenvalue weighted by Gasteiger charge is -2.12. The van der Waals surface area contributed by atoms with Gasteiger partial charge in [-0.1, -0.05) is 6.92 Å². The second kappa shape index (κ2) is 4.98. The van der Waals surface area contributed by atoms with Crippen LogP contribution in [0.15, 0.2) is 18.2 Å². The van der Waals surface area contributed by atoms with Gasteiger partial charge in [0, 0.05) is 17.5 Å². The van der Waals surface area contributed by atoms with E-state index in [1.807, 2.05) is 18.2 Å². The predicted molar refractivity (Wildman–Crippen MR) is 73.0 cm³/mol. The van der Waals surface area contributed by atoms with Gasteiger partial charge in [-0.25, -0.2) is 4.98 Å². The number of nitrogens with zero attached hydrogens (tertiary/aromatic N) is 2. The number of hydrogen-bond donors (Lipinski definition) is 2. The molecule has 92 valence electrons. The van der Waals surface area contributed by atoms with Crippen molar-refractivity contribution in [1.82, 2.24) is 9.55 Å². The van der Waals surface area contributed by atoms with Crippen molar-refractivity contribution in [3.8, 4) is 0 Å². The molecule has 0 saturated heterocycles. The number of imidazole rings is 1. The van der Waals surface area contributed by atoms with E-state index < -0.39 is 0 Å². The maximum Gasteiger partial charge on any atom is 0.135 e. The van der Waals surface area contributed by atoms with Gasteiger partial charge < -0.3 is 15.4 Å². The highest BCUT2D eigenvalue weighted by Gasteiger charge is 2.12. The number of nitrogen functional groups attached to an aromatic ring is 1. The van der Waals surface area contributed by atoms with Crippen LogP contribution in [-0.4, -0.2) is 26.2 Å². The van der Waals surface area contributed by atoms with E-state index in [-0.39, 0.29) is 6.61 Å². The molecule has 0 spiro atoms. The number of aromatic nitrogens is 2. The summed E-state index contributed by atoms with van der Waals surface area (Å²) in [6.45, 7) is 2.96. The van der Waals surface area contributed by atoms with Gasteiger partial charge in [0.25, 0.3) is 0 Å². The summed E-state index contributed by atoms with van der Waals surface area (Å²) in [7, 11) is 0. The van der Waals surface area contributed by atoms with Crippen LogP contribution >= 0.6 is 11.8 Å². The Bertz CT molecular complexity index is 524. The maximum atomic E-state index is 9.35. The molecule has 4 nitrogen and oxygen atoms in total. The molecular formula is C12H17N3OS. The molecule has 0 radical (unpaired) electrons. The molecule has 0 saturated carbocycles. The second-order valence-electron chi connectivity index (χ2n) is 4.09. The predicted octanol–water partition coefficient (Wildman–Crippen LogP) is 1.86. The number of thioether (sulfide) groups is 1. The van der Waals surface area contributed by atoms with Crippen molar-refractivity contribution < 1.29 is 5.11 Å². The SMILES string of the molecule is CSC(C)Cn1c(CO)nc2cc(N)ccc21. The summed E-state index contributed by atoms with van der Waals surface area (Å²) in [6, 6.07) is 5.67. The lowest BCUT2D eigenvalue weighted by atomic mass is 10.3. The molecule has 1 unspecified atom stereocenters. The van der Waals surface area contributed by atoms with E-state index in [9.17, 15) is 5.11 Å². The van der Waals surface area contributed by atoms with Crippen LogP contribution in [0.2, 0.25) is 0 Å². The van der Waals surface area contributed by atoms with E-state index in [0.29, 0.717) is 16.8 Å². The number of nitrogens with two attached hydrogens (primary N) is 1. The minimum Gasteiger partial charge on any atom is -0.399 e. The largest absolute Gasteiger partial charge is 0.399 e. The van der Waals surface area contributed by atoms with Gasteiger partial charge in [-0.05, 0) is 24.5 Å². The van der Waals surface area contributed by atoms with E-state index in [1.54, 1.807) is 11.8 Å². The Kier molecular flexibility index (Phi) is 3.59. The van der Waals surface area contributed by atoms with Gasteiger partial charge in [-0.2, -0.15) is 11.8 Å². The highest BCUT2D eigenvalue weighted by atomic mass is 32.2. The Hall–Kier alpha value is -1.20. The Labute approximate surface area is 105 Å². The molecule has 2 rings (SSSR count). The van der Waals surface area contributed by atoms with Gasteiger partial charge in [0.15, 0.2) is 0 Å². The average Bonchev–Trinajstić information content (AvgIpc) is 2.66. The van der Waals surface area contributed by atoms with Crippen LogP contribution < -0.4 is 5.73 Å². The molecule has 1 atom stereocenters. The van der Waals surface area contributed by atoms with Crippen molar-refractivity contribution in [1.29, 1.82) is 0 Å². The number of aliphatic hydroxyl groups is 1. The molecule has 1 heterocycles. The third kappa shape index (κ3) is 2.40. The number of hydrogen-bond acceptors (Lipinski definition) is 4. The average molecular weight is 251 g/mol. The minimum absolute atomic E-state index is 0.0459. The summed E-state index contributed by atoms with van der Waals surface area (Å²) in [6.07, 6.45) is 2.08. The van der Waals surface area contributed by atoms with E-state index in [4.69, 9.17) is 5.73 Å². The quantitative estimate of drug-likeness (QED) is 0.814. The molecule has 1 aromatic carbocycles. The van der Waals surface area contributed by atoms with Crippen molar-refractivity contribution in [2.75, 3.05) is 12.0 Å². The standard InChI is InChI=1S/C12H17N3OS/c1-8(17-2)6-15-11-4-3-9(13)5-10(11)14-12(15)7-16/h3-5,8,16H,6-7,13H2,1-2H3. The van der Waals surface area contributed by atoms with Crippen molar-refractivity contribution in [2.45, 2.75) is 25.3 Å². The third-order valence-electron chi connectivity index (χ3n) is 2.83. The van der Waals surface area contributed by atoms with Crippen molar-refractivity contribution in [2.24, 2.45) is 0 Å². The smallest absolute Gasteiger partial charge is 0.135 e. The first-order valence-electron chi connectivity index (χ1n) is 5.54. The van der Waals surface area contributed by atoms with Crippen LogP contribution in [0.4, 0.5) is 5.69 Å². The number of benzene rings is 1. The Morgan fingerprint density at radius 1 is 1.53 bits per heavy atom. The molecule has 5 heteroatoms. The lowest BCUT2D eigenvalue weighted by Crippen LogP contribution is -2.12. The topological polar surface area (TPSA) is 64.1 Å². The van der Waals surface area contributed by atoms with Crippen LogP contribution in [0.5, 0.6) is 0 Å². The molecule has 0 aliphatic carbocycles. The summed E-state index contributed by atoms with van der Waals surface area (Å²) >= 11 is 1.80. The van der Waals surface area contributed by atoms with E-state index >= 15 is 0 Å². The van der Waals surface area contributed by atoms with Gasteiger partial charge in [-0.3, -0.25) is 0 Å². The summed E-state index contributed by atoms with van der Waals surface area (Å²) in [4.78, 5) is 4.40. The Morgan fingerprint density at radius 2 is 2.29 bits per heavy atom. The van der Waals surface area contributed by atoms with Crippen LogP contribution in [0.3, 0.4) is 0 Å². The molecule has 1 aromatic heterocycles. The zero-order valence-corrected chi connectivity index (χ0v) is 10.9. The van der Waals surface area contributed by atoms with Crippen molar-refractivity contribution in [3.63, 3.8) is 0 Å². The Morgan fingerprint density at radius 3 is 2.94 bits per heavy atom. The summed E-state index contributed by atoms with van der Waals surface area (Å²) in [5, 5.41) is 9.83. The molecule has 0 aliphatic rings. The van der Waals surface area contributed by atoms with Gasteiger partial charge in [-0.15, -0.1) is 0 Å². The molecule has 2 aromatic rings. The lowest BCUT2D eigenvalue weighted by molar-refractivity contribution is 0.266. The van der Waals surface area contributed by atoms with Gasteiger partial charge in [0.05, 0.1) is 11.0 Å². The van der Waals surface area contributed by atoms with Gasteiger partial charge >= 0.3 is 0 Å². The van der Waals surface area contributed by atoms with Gasteiger partial charge in [0.2, 0.25) is 0 Å². The highest BCUT2D eigenvalue weighted by molar-refractivity contribution is 7.99. The summed E-state index contributed by atoms with van der Waals surface area (Å²) in [5.41, 5.74) is 8.32. The third-order valence-corrected chi connectivity index (χ3v) is 3.79. The fourth-order valence-electron chi connectivity index (χ4n) is 1.85. The van der Waals surface area contributed by atoms with Crippen molar-refractivity contribution >= 4 is 28.5 Å². The maximum absolute atomic E-state index is 9.35. The first-order chi connectivity index (χ1) is 8.15. The molecule has 0 fully saturated rings. The first kappa shape index (κ1) is 12.3. The number of fused-ring (bicyclic) bond motifs is 1. The number of anilines is 1. The minimum atomic E-state index is -0.0459. The van der Waals surface area contributed by atoms with E-state index in [1.165, 1.54) is 0 Å². The first-order valence-corrected chi connectivity index (χ1v) is 6.82. The highest BCUT2D eigenvalue weighted by Crippen LogP contribution is 2.21. The van der Waals surface area contributed by atoms with Crippen molar-refractivity contribution in [3.05, 3.63) is 24.0 Å². The molecule has 0 aliphatic heterocycles. The normalized spacial score (nSPS) is 13.1. The molecule has 17 heavy (non-hydrogen) atoms. The van der Waals surface area contributed by atoms with Crippen LogP contribution in [0.1, 0.15) is 12.7 Å². The Balaban J connectivity index is 2.50. The monoisotopic (exact) mass is 251 g/mol. The zero-order valence-electron chi connectivity index (χ0n) is 10.1.